The summed E-state index contributed by atoms with van der Waals surface area (Å²) in [5, 5.41) is 0. The lowest BCUT2D eigenvalue weighted by Gasteiger charge is -2.12. The molecule has 27 heavy (non-hydrogen) atoms. The summed E-state index contributed by atoms with van der Waals surface area (Å²) < 4.78 is 14.6. The molecule has 1 heteroatoms. The largest absolute Gasteiger partial charge is 0.206 e. The smallest absolute Gasteiger partial charge is 0.131 e. The Labute approximate surface area is 161 Å². The van der Waals surface area contributed by atoms with Crippen LogP contribution in [0, 0.1) is 19.7 Å². The minimum atomic E-state index is -0.170. The topological polar surface area (TPSA) is 0 Å². The molecule has 0 nitrogen and oxygen atoms in total. The molecule has 0 bridgehead atoms. The van der Waals surface area contributed by atoms with Crippen molar-refractivity contribution in [2.45, 2.75) is 27.2 Å². The Morgan fingerprint density at radius 3 is 2.07 bits per heavy atom. The lowest BCUT2D eigenvalue weighted by molar-refractivity contribution is 0.621. The first-order chi connectivity index (χ1) is 13.0. The summed E-state index contributed by atoms with van der Waals surface area (Å²) in [6, 6.07) is 20.5. The fraction of sp³-hybridized carbons (Fsp3) is 0.154. The minimum Gasteiger partial charge on any atom is -0.206 e. The normalized spacial score (nSPS) is 11.5. The van der Waals surface area contributed by atoms with E-state index in [0.717, 1.165) is 22.3 Å². The zero-order valence-electron chi connectivity index (χ0n) is 16.2. The van der Waals surface area contributed by atoms with Gasteiger partial charge in [-0.3, -0.25) is 0 Å². The molecule has 3 aromatic rings. The lowest BCUT2D eigenvalue weighted by atomic mass is 9.94. The number of hydrogen-bond donors (Lipinski definition) is 0. The van der Waals surface area contributed by atoms with Gasteiger partial charge in [0.15, 0.2) is 0 Å². The van der Waals surface area contributed by atoms with Crippen LogP contribution in [0.2, 0.25) is 0 Å². The van der Waals surface area contributed by atoms with E-state index in [1.165, 1.54) is 16.7 Å². The van der Waals surface area contributed by atoms with Gasteiger partial charge in [-0.1, -0.05) is 72.3 Å². The maximum atomic E-state index is 14.6. The van der Waals surface area contributed by atoms with Crippen molar-refractivity contribution < 1.29 is 4.39 Å². The molecule has 3 rings (SSSR count). The molecule has 136 valence electrons. The van der Waals surface area contributed by atoms with Crippen LogP contribution in [0.15, 0.2) is 73.3 Å². The molecule has 0 saturated carbocycles. The highest BCUT2D eigenvalue weighted by atomic mass is 19.1. The van der Waals surface area contributed by atoms with Crippen molar-refractivity contribution in [3.63, 3.8) is 0 Å². The predicted octanol–water partition coefficient (Wildman–Crippen LogP) is 7.40. The average Bonchev–Trinajstić information content (AvgIpc) is 2.63. The van der Waals surface area contributed by atoms with Crippen LogP contribution < -0.4 is 0 Å². The van der Waals surface area contributed by atoms with E-state index in [0.29, 0.717) is 12.0 Å². The van der Waals surface area contributed by atoms with Gasteiger partial charge in [-0.05, 0) is 66.6 Å². The van der Waals surface area contributed by atoms with Gasteiger partial charge in [0.05, 0.1) is 0 Å². The fourth-order valence-electron chi connectivity index (χ4n) is 3.41. The van der Waals surface area contributed by atoms with Gasteiger partial charge in [0, 0.05) is 5.56 Å². The quantitative estimate of drug-likeness (QED) is 0.330. The minimum absolute atomic E-state index is 0.170. The Balaban J connectivity index is 1.93. The van der Waals surface area contributed by atoms with Crippen LogP contribution in [0.3, 0.4) is 0 Å². The van der Waals surface area contributed by atoms with Gasteiger partial charge in [0.25, 0.3) is 0 Å². The predicted molar refractivity (Wildman–Crippen MR) is 115 cm³/mol. The van der Waals surface area contributed by atoms with E-state index >= 15 is 0 Å². The highest BCUT2D eigenvalue weighted by Gasteiger charge is 2.11. The summed E-state index contributed by atoms with van der Waals surface area (Å²) in [4.78, 5) is 0. The molecular weight excluding hydrogens is 331 g/mol. The first kappa shape index (κ1) is 18.8. The van der Waals surface area contributed by atoms with Crippen LogP contribution in [-0.2, 0) is 6.42 Å². The summed E-state index contributed by atoms with van der Waals surface area (Å²) in [6.45, 7) is 9.78. The first-order valence-corrected chi connectivity index (χ1v) is 9.23. The fourth-order valence-corrected chi connectivity index (χ4v) is 3.41. The van der Waals surface area contributed by atoms with Crippen molar-refractivity contribution in [1.29, 1.82) is 0 Å². The summed E-state index contributed by atoms with van der Waals surface area (Å²) in [6.07, 6.45) is 4.52. The Kier molecular flexibility index (Phi) is 5.71. The Bertz CT molecular complexity index is 974. The molecule has 0 heterocycles. The maximum Gasteiger partial charge on any atom is 0.131 e. The van der Waals surface area contributed by atoms with Gasteiger partial charge >= 0.3 is 0 Å². The molecule has 0 spiro atoms. The van der Waals surface area contributed by atoms with E-state index in [1.54, 1.807) is 6.07 Å². The molecule has 0 aromatic heterocycles. The second-order valence-corrected chi connectivity index (χ2v) is 7.09. The standard InChI is InChI=1S/C26H25F/c1-5-6-24-15-19(3)16-25(27)26(24)20(4)17-21-9-13-23(14-10-21)22-11-7-18(2)8-12-22/h5,7-17H,1,6H2,2-4H3. The Morgan fingerprint density at radius 2 is 1.48 bits per heavy atom. The highest BCUT2D eigenvalue weighted by molar-refractivity contribution is 5.82. The molecule has 0 aliphatic rings. The Hall–Kier alpha value is -2.93. The van der Waals surface area contributed by atoms with Gasteiger partial charge in [-0.2, -0.15) is 0 Å². The number of hydrogen-bond acceptors (Lipinski definition) is 0. The molecule has 0 aliphatic heterocycles. The van der Waals surface area contributed by atoms with Crippen LogP contribution in [0.1, 0.15) is 34.7 Å². The molecule has 0 aliphatic carbocycles. The van der Waals surface area contributed by atoms with Crippen molar-refractivity contribution >= 4 is 11.6 Å². The second-order valence-electron chi connectivity index (χ2n) is 7.09. The lowest BCUT2D eigenvalue weighted by Crippen LogP contribution is -1.97. The third kappa shape index (κ3) is 4.43. The van der Waals surface area contributed by atoms with Crippen LogP contribution >= 0.6 is 0 Å². The van der Waals surface area contributed by atoms with Crippen LogP contribution in [-0.4, -0.2) is 0 Å². The monoisotopic (exact) mass is 356 g/mol. The summed E-state index contributed by atoms with van der Waals surface area (Å²) in [5.74, 6) is -0.170. The third-order valence-electron chi connectivity index (χ3n) is 4.75. The van der Waals surface area contributed by atoms with E-state index < -0.39 is 0 Å². The van der Waals surface area contributed by atoms with Gasteiger partial charge in [-0.25, -0.2) is 4.39 Å². The summed E-state index contributed by atoms with van der Waals surface area (Å²) in [5.41, 5.74) is 8.22. The first-order valence-electron chi connectivity index (χ1n) is 9.23. The number of halogens is 1. The van der Waals surface area contributed by atoms with E-state index in [-0.39, 0.29) is 5.82 Å². The van der Waals surface area contributed by atoms with Crippen molar-refractivity contribution in [3.05, 3.63) is 107 Å². The van der Waals surface area contributed by atoms with Crippen LogP contribution in [0.5, 0.6) is 0 Å². The number of aryl methyl sites for hydroxylation is 2. The van der Waals surface area contributed by atoms with Gasteiger partial charge in [0.1, 0.15) is 5.82 Å². The number of rotatable bonds is 5. The highest BCUT2D eigenvalue weighted by Crippen LogP contribution is 2.27. The summed E-state index contributed by atoms with van der Waals surface area (Å²) >= 11 is 0. The van der Waals surface area contributed by atoms with Crippen molar-refractivity contribution in [3.8, 4) is 11.1 Å². The maximum absolute atomic E-state index is 14.6. The van der Waals surface area contributed by atoms with Gasteiger partial charge in [-0.15, -0.1) is 6.58 Å². The van der Waals surface area contributed by atoms with Gasteiger partial charge in [0.2, 0.25) is 0 Å². The zero-order chi connectivity index (χ0) is 19.4. The number of benzene rings is 3. The van der Waals surface area contributed by atoms with Crippen molar-refractivity contribution in [2.75, 3.05) is 0 Å². The Morgan fingerprint density at radius 1 is 0.889 bits per heavy atom. The molecule has 0 amide bonds. The van der Waals surface area contributed by atoms with E-state index in [9.17, 15) is 4.39 Å². The molecule has 0 atom stereocenters. The molecule has 3 aromatic carbocycles. The SMILES string of the molecule is C=CCc1cc(C)cc(F)c1C(C)=Cc1ccc(-c2ccc(C)cc2)cc1. The van der Waals surface area contributed by atoms with E-state index in [4.69, 9.17) is 0 Å². The molecule has 0 radical (unpaired) electrons. The van der Waals surface area contributed by atoms with Gasteiger partial charge < -0.3 is 0 Å². The second kappa shape index (κ2) is 8.18. The van der Waals surface area contributed by atoms with Crippen LogP contribution in [0.4, 0.5) is 4.39 Å². The molecule has 0 N–H and O–H groups in total. The molecule has 0 unspecified atom stereocenters. The summed E-state index contributed by atoms with van der Waals surface area (Å²) in [7, 11) is 0. The van der Waals surface area contributed by atoms with E-state index in [2.05, 4.69) is 62.0 Å². The van der Waals surface area contributed by atoms with E-state index in [1.807, 2.05) is 32.1 Å². The third-order valence-corrected chi connectivity index (χ3v) is 4.75. The molecule has 0 fully saturated rings. The molecule has 0 saturated heterocycles. The van der Waals surface area contributed by atoms with Crippen molar-refractivity contribution in [1.82, 2.24) is 0 Å². The average molecular weight is 356 g/mol. The number of allylic oxidation sites excluding steroid dienone is 2. The molecular formula is C26H25F. The van der Waals surface area contributed by atoms with Crippen LogP contribution in [0.25, 0.3) is 22.8 Å². The zero-order valence-corrected chi connectivity index (χ0v) is 16.2. The van der Waals surface area contributed by atoms with Crippen molar-refractivity contribution in [2.24, 2.45) is 0 Å².